The first-order valence-corrected chi connectivity index (χ1v) is 6.27. The SMILES string of the molecule is N=S(=O)=O.OC(c1ccccc1)c1ccccc1. The summed E-state index contributed by atoms with van der Waals surface area (Å²) in [6, 6.07) is 19.3. The third-order valence-corrected chi connectivity index (χ3v) is 2.23. The maximum Gasteiger partial charge on any atom is 0.308 e. The fraction of sp³-hybridized carbons (Fsp3) is 0.0769. The monoisotopic (exact) mass is 263 g/mol. The van der Waals surface area contributed by atoms with Crippen LogP contribution in [0.1, 0.15) is 17.2 Å². The quantitative estimate of drug-likeness (QED) is 0.873. The lowest BCUT2D eigenvalue weighted by Gasteiger charge is -2.10. The summed E-state index contributed by atoms with van der Waals surface area (Å²) in [5.74, 6) is 0. The molecule has 0 saturated heterocycles. The first kappa shape index (κ1) is 14.1. The van der Waals surface area contributed by atoms with E-state index < -0.39 is 16.6 Å². The van der Waals surface area contributed by atoms with Crippen molar-refractivity contribution in [3.8, 4) is 0 Å². The number of benzene rings is 2. The molecule has 0 amide bonds. The molecule has 0 heterocycles. The Labute approximate surface area is 107 Å². The number of aliphatic hydroxyl groups is 1. The van der Waals surface area contributed by atoms with Gasteiger partial charge in [-0.1, -0.05) is 60.7 Å². The predicted molar refractivity (Wildman–Crippen MR) is 68.6 cm³/mol. The topological polar surface area (TPSA) is 78.2 Å². The van der Waals surface area contributed by atoms with Gasteiger partial charge in [-0.2, -0.15) is 13.2 Å². The van der Waals surface area contributed by atoms with Crippen molar-refractivity contribution in [3.63, 3.8) is 0 Å². The molecule has 0 atom stereocenters. The fourth-order valence-electron chi connectivity index (χ4n) is 1.46. The van der Waals surface area contributed by atoms with Gasteiger partial charge in [-0.05, 0) is 11.1 Å². The Morgan fingerprint density at radius 1 is 0.833 bits per heavy atom. The lowest BCUT2D eigenvalue weighted by Crippen LogP contribution is -1.98. The van der Waals surface area contributed by atoms with Crippen LogP contribution < -0.4 is 0 Å². The van der Waals surface area contributed by atoms with E-state index >= 15 is 0 Å². The summed E-state index contributed by atoms with van der Waals surface area (Å²) < 4.78 is 22.8. The standard InChI is InChI=1S/C13H12O.HNO2S/c14-13(11-7-3-1-4-8-11)12-9-5-2-6-10-12;1-4(2)3/h1-10,13-14H;1H. The summed E-state index contributed by atoms with van der Waals surface area (Å²) in [5, 5.41) is 9.99. The van der Waals surface area contributed by atoms with Gasteiger partial charge in [-0.15, -0.1) is 0 Å². The zero-order valence-corrected chi connectivity index (χ0v) is 10.3. The van der Waals surface area contributed by atoms with Crippen LogP contribution in [0, 0.1) is 4.78 Å². The van der Waals surface area contributed by atoms with E-state index in [9.17, 15) is 5.11 Å². The van der Waals surface area contributed by atoms with E-state index in [1.807, 2.05) is 60.7 Å². The summed E-state index contributed by atoms with van der Waals surface area (Å²) in [5.41, 5.74) is 1.86. The molecule has 4 nitrogen and oxygen atoms in total. The highest BCUT2D eigenvalue weighted by atomic mass is 32.2. The molecule has 0 bridgehead atoms. The Hall–Kier alpha value is -1.98. The molecule has 0 aliphatic heterocycles. The summed E-state index contributed by atoms with van der Waals surface area (Å²) in [6.45, 7) is 0. The molecule has 0 fully saturated rings. The Balaban J connectivity index is 0.000000357. The van der Waals surface area contributed by atoms with Crippen LogP contribution in [-0.4, -0.2) is 13.5 Å². The Bertz CT molecular complexity index is 521. The number of rotatable bonds is 2. The molecule has 18 heavy (non-hydrogen) atoms. The molecule has 0 spiro atoms. The lowest BCUT2D eigenvalue weighted by molar-refractivity contribution is 0.220. The Morgan fingerprint density at radius 3 is 1.39 bits per heavy atom. The fourth-order valence-corrected chi connectivity index (χ4v) is 1.46. The van der Waals surface area contributed by atoms with Gasteiger partial charge in [0.05, 0.1) is 0 Å². The molecule has 5 heteroatoms. The second-order valence-electron chi connectivity index (χ2n) is 3.46. The second kappa shape index (κ2) is 7.37. The van der Waals surface area contributed by atoms with Crippen molar-refractivity contribution in [2.24, 2.45) is 0 Å². The van der Waals surface area contributed by atoms with Gasteiger partial charge in [0.1, 0.15) is 6.10 Å². The maximum atomic E-state index is 9.99. The Morgan fingerprint density at radius 2 is 1.11 bits per heavy atom. The van der Waals surface area contributed by atoms with Crippen molar-refractivity contribution in [1.29, 1.82) is 4.78 Å². The van der Waals surface area contributed by atoms with Gasteiger partial charge >= 0.3 is 10.5 Å². The van der Waals surface area contributed by atoms with E-state index in [-0.39, 0.29) is 0 Å². The highest BCUT2D eigenvalue weighted by Gasteiger charge is 2.07. The van der Waals surface area contributed by atoms with Gasteiger partial charge in [-0.3, -0.25) is 0 Å². The van der Waals surface area contributed by atoms with Crippen LogP contribution in [0.3, 0.4) is 0 Å². The summed E-state index contributed by atoms with van der Waals surface area (Å²) in [4.78, 5) is 0. The molecule has 0 saturated carbocycles. The van der Waals surface area contributed by atoms with Gasteiger partial charge in [0.15, 0.2) is 0 Å². The Kier molecular flexibility index (Phi) is 5.76. The van der Waals surface area contributed by atoms with Crippen LogP contribution in [0.2, 0.25) is 0 Å². The van der Waals surface area contributed by atoms with Gasteiger partial charge in [0.2, 0.25) is 0 Å². The van der Waals surface area contributed by atoms with Gasteiger partial charge < -0.3 is 5.11 Å². The molecule has 0 radical (unpaired) electrons. The van der Waals surface area contributed by atoms with Crippen LogP contribution >= 0.6 is 0 Å². The molecule has 2 rings (SSSR count). The normalized spacial score (nSPS) is 9.44. The van der Waals surface area contributed by atoms with E-state index in [2.05, 4.69) is 0 Å². The summed E-state index contributed by atoms with van der Waals surface area (Å²) in [6.07, 6.45) is -0.516. The highest BCUT2D eigenvalue weighted by Crippen LogP contribution is 2.20. The smallest absolute Gasteiger partial charge is 0.308 e. The molecule has 2 aromatic carbocycles. The van der Waals surface area contributed by atoms with Crippen LogP contribution in [0.5, 0.6) is 0 Å². The van der Waals surface area contributed by atoms with Gasteiger partial charge in [-0.25, -0.2) is 0 Å². The van der Waals surface area contributed by atoms with Crippen molar-refractivity contribution >= 4 is 10.5 Å². The molecule has 0 aromatic heterocycles. The third-order valence-electron chi connectivity index (χ3n) is 2.23. The molecule has 0 aliphatic rings. The first-order valence-electron chi connectivity index (χ1n) is 5.19. The molecule has 2 N–H and O–H groups in total. The van der Waals surface area contributed by atoms with E-state index in [0.717, 1.165) is 11.1 Å². The van der Waals surface area contributed by atoms with E-state index in [4.69, 9.17) is 13.2 Å². The maximum absolute atomic E-state index is 9.99. The molecule has 0 aliphatic carbocycles. The zero-order chi connectivity index (χ0) is 13.4. The summed E-state index contributed by atoms with van der Waals surface area (Å²) >= 11 is 0. The molecular weight excluding hydrogens is 250 g/mol. The number of hydrogen-bond donors (Lipinski definition) is 2. The van der Waals surface area contributed by atoms with Crippen molar-refractivity contribution < 1.29 is 13.5 Å². The van der Waals surface area contributed by atoms with Crippen molar-refractivity contribution in [2.75, 3.05) is 0 Å². The van der Waals surface area contributed by atoms with Crippen molar-refractivity contribution in [1.82, 2.24) is 0 Å². The van der Waals surface area contributed by atoms with Crippen LogP contribution in [0.15, 0.2) is 60.7 Å². The minimum Gasteiger partial charge on any atom is -0.384 e. The minimum atomic E-state index is -2.61. The molecule has 2 aromatic rings. The van der Waals surface area contributed by atoms with Crippen molar-refractivity contribution in [2.45, 2.75) is 6.10 Å². The van der Waals surface area contributed by atoms with Crippen LogP contribution in [0.4, 0.5) is 0 Å². The van der Waals surface area contributed by atoms with Gasteiger partial charge in [0.25, 0.3) is 0 Å². The molecule has 0 unspecified atom stereocenters. The largest absolute Gasteiger partial charge is 0.384 e. The predicted octanol–water partition coefficient (Wildman–Crippen LogP) is 2.40. The van der Waals surface area contributed by atoms with E-state index in [1.54, 1.807) is 0 Å². The molecule has 94 valence electrons. The number of aliphatic hydroxyl groups excluding tert-OH is 1. The third kappa shape index (κ3) is 4.90. The van der Waals surface area contributed by atoms with Crippen LogP contribution in [-0.2, 0) is 10.5 Å². The average molecular weight is 263 g/mol. The van der Waals surface area contributed by atoms with Gasteiger partial charge in [0, 0.05) is 0 Å². The first-order chi connectivity index (χ1) is 8.61. The number of nitrogens with one attached hydrogen (secondary N) is 1. The second-order valence-corrected chi connectivity index (χ2v) is 3.93. The average Bonchev–Trinajstić information content (AvgIpc) is 2.39. The number of hydrogen-bond acceptors (Lipinski definition) is 4. The lowest BCUT2D eigenvalue weighted by atomic mass is 10.0. The van der Waals surface area contributed by atoms with E-state index in [0.29, 0.717) is 0 Å². The van der Waals surface area contributed by atoms with E-state index in [1.165, 1.54) is 0 Å². The highest BCUT2D eigenvalue weighted by molar-refractivity contribution is 7.60. The zero-order valence-electron chi connectivity index (χ0n) is 9.52. The molecular formula is C13H13NO3S. The minimum absolute atomic E-state index is 0.516. The summed E-state index contributed by atoms with van der Waals surface area (Å²) in [7, 11) is -2.61. The van der Waals surface area contributed by atoms with Crippen molar-refractivity contribution in [3.05, 3.63) is 71.8 Å². The van der Waals surface area contributed by atoms with Crippen LogP contribution in [0.25, 0.3) is 0 Å².